The first-order valence-electron chi connectivity index (χ1n) is 6.29. The standard InChI is InChI=1S/C14H20N2S2/c1-9(2)14-16-11(4)13(18-14)10(3)15-7-12-5-6-17-8-12/h5-6,8-10,15H,7H2,1-4H3/t10-/m0/s1. The number of hydrogen-bond donors (Lipinski definition) is 1. The minimum absolute atomic E-state index is 0.370. The molecule has 0 aliphatic rings. The van der Waals surface area contributed by atoms with Crippen LogP contribution in [0.3, 0.4) is 0 Å². The van der Waals surface area contributed by atoms with E-state index in [0.717, 1.165) is 6.54 Å². The van der Waals surface area contributed by atoms with E-state index in [1.807, 2.05) is 11.3 Å². The molecular weight excluding hydrogens is 260 g/mol. The molecule has 0 fully saturated rings. The van der Waals surface area contributed by atoms with Gasteiger partial charge in [-0.15, -0.1) is 11.3 Å². The first-order valence-corrected chi connectivity index (χ1v) is 8.05. The molecule has 4 heteroatoms. The predicted octanol–water partition coefficient (Wildman–Crippen LogP) is 4.49. The summed E-state index contributed by atoms with van der Waals surface area (Å²) in [6.07, 6.45) is 0. The second-order valence-electron chi connectivity index (χ2n) is 4.89. The van der Waals surface area contributed by atoms with E-state index in [1.165, 1.54) is 21.1 Å². The van der Waals surface area contributed by atoms with E-state index in [0.29, 0.717) is 12.0 Å². The van der Waals surface area contributed by atoms with Crippen LogP contribution in [0.4, 0.5) is 0 Å². The molecule has 0 unspecified atom stereocenters. The third kappa shape index (κ3) is 3.19. The molecular formula is C14H20N2S2. The lowest BCUT2D eigenvalue weighted by Gasteiger charge is -2.12. The molecule has 0 radical (unpaired) electrons. The monoisotopic (exact) mass is 280 g/mol. The minimum atomic E-state index is 0.370. The molecule has 2 nitrogen and oxygen atoms in total. The maximum Gasteiger partial charge on any atom is 0.0956 e. The van der Waals surface area contributed by atoms with Crippen molar-refractivity contribution >= 4 is 22.7 Å². The SMILES string of the molecule is Cc1nc(C(C)C)sc1[C@H](C)NCc1ccsc1. The van der Waals surface area contributed by atoms with Gasteiger partial charge in [0.1, 0.15) is 0 Å². The van der Waals surface area contributed by atoms with Crippen LogP contribution >= 0.6 is 22.7 Å². The van der Waals surface area contributed by atoms with Crippen molar-refractivity contribution in [2.45, 2.75) is 46.2 Å². The summed E-state index contributed by atoms with van der Waals surface area (Å²) in [7, 11) is 0. The maximum atomic E-state index is 4.66. The number of hydrogen-bond acceptors (Lipinski definition) is 4. The smallest absolute Gasteiger partial charge is 0.0956 e. The summed E-state index contributed by atoms with van der Waals surface area (Å²) < 4.78 is 0. The van der Waals surface area contributed by atoms with Gasteiger partial charge in [-0.2, -0.15) is 11.3 Å². The first kappa shape index (κ1) is 13.7. The second kappa shape index (κ2) is 5.95. The highest BCUT2D eigenvalue weighted by Gasteiger charge is 2.15. The van der Waals surface area contributed by atoms with Crippen LogP contribution in [0.25, 0.3) is 0 Å². The Morgan fingerprint density at radius 2 is 2.11 bits per heavy atom. The summed E-state index contributed by atoms with van der Waals surface area (Å²) in [4.78, 5) is 6.03. The zero-order chi connectivity index (χ0) is 13.1. The number of aromatic nitrogens is 1. The molecule has 0 spiro atoms. The fourth-order valence-corrected chi connectivity index (χ4v) is 3.60. The van der Waals surface area contributed by atoms with Crippen LogP contribution in [0.15, 0.2) is 16.8 Å². The number of aryl methyl sites for hydroxylation is 1. The number of rotatable bonds is 5. The molecule has 18 heavy (non-hydrogen) atoms. The normalized spacial score (nSPS) is 13.2. The van der Waals surface area contributed by atoms with E-state index in [-0.39, 0.29) is 0 Å². The van der Waals surface area contributed by atoms with Crippen LogP contribution in [-0.4, -0.2) is 4.98 Å². The third-order valence-electron chi connectivity index (χ3n) is 2.93. The van der Waals surface area contributed by atoms with Gasteiger partial charge < -0.3 is 5.32 Å². The zero-order valence-electron chi connectivity index (χ0n) is 11.4. The van der Waals surface area contributed by atoms with Gasteiger partial charge in [0.25, 0.3) is 0 Å². The molecule has 0 aliphatic heterocycles. The fraction of sp³-hybridized carbons (Fsp3) is 0.500. The van der Waals surface area contributed by atoms with Crippen molar-refractivity contribution in [1.29, 1.82) is 0 Å². The lowest BCUT2D eigenvalue weighted by molar-refractivity contribution is 0.580. The van der Waals surface area contributed by atoms with Crippen molar-refractivity contribution in [3.8, 4) is 0 Å². The molecule has 2 aromatic heterocycles. The Hall–Kier alpha value is -0.710. The van der Waals surface area contributed by atoms with Crippen molar-refractivity contribution in [1.82, 2.24) is 10.3 Å². The zero-order valence-corrected chi connectivity index (χ0v) is 13.0. The molecule has 0 saturated heterocycles. The lowest BCUT2D eigenvalue weighted by Crippen LogP contribution is -2.17. The Kier molecular flexibility index (Phi) is 4.54. The first-order chi connectivity index (χ1) is 8.58. The summed E-state index contributed by atoms with van der Waals surface area (Å²) in [5, 5.41) is 9.13. The van der Waals surface area contributed by atoms with Gasteiger partial charge in [0, 0.05) is 23.4 Å². The maximum absolute atomic E-state index is 4.66. The number of thiazole rings is 1. The van der Waals surface area contributed by atoms with Crippen molar-refractivity contribution < 1.29 is 0 Å². The summed E-state index contributed by atoms with van der Waals surface area (Å²) in [6, 6.07) is 2.54. The Balaban J connectivity index is 2.02. The quantitative estimate of drug-likeness (QED) is 0.873. The van der Waals surface area contributed by atoms with Gasteiger partial charge in [-0.1, -0.05) is 13.8 Å². The molecule has 2 rings (SSSR count). The third-order valence-corrected chi connectivity index (χ3v) is 5.30. The molecule has 2 aromatic rings. The average Bonchev–Trinajstić information content (AvgIpc) is 2.94. The largest absolute Gasteiger partial charge is 0.305 e. The van der Waals surface area contributed by atoms with E-state index >= 15 is 0 Å². The van der Waals surface area contributed by atoms with Crippen molar-refractivity contribution in [2.24, 2.45) is 0 Å². The molecule has 1 N–H and O–H groups in total. The highest BCUT2D eigenvalue weighted by molar-refractivity contribution is 7.11. The summed E-state index contributed by atoms with van der Waals surface area (Å²) in [5.41, 5.74) is 2.53. The Bertz CT molecular complexity index is 486. The van der Waals surface area contributed by atoms with Gasteiger partial charge in [-0.25, -0.2) is 4.98 Å². The highest BCUT2D eigenvalue weighted by Crippen LogP contribution is 2.29. The molecule has 98 valence electrons. The van der Waals surface area contributed by atoms with Gasteiger partial charge in [-0.3, -0.25) is 0 Å². The number of nitrogens with one attached hydrogen (secondary N) is 1. The van der Waals surface area contributed by atoms with Crippen LogP contribution in [0, 0.1) is 6.92 Å². The van der Waals surface area contributed by atoms with Gasteiger partial charge in [-0.05, 0) is 36.2 Å². The van der Waals surface area contributed by atoms with Gasteiger partial charge in [0.2, 0.25) is 0 Å². The van der Waals surface area contributed by atoms with Crippen molar-refractivity contribution in [2.75, 3.05) is 0 Å². The Labute approximate surface area is 117 Å². The Morgan fingerprint density at radius 3 is 2.67 bits per heavy atom. The van der Waals surface area contributed by atoms with E-state index in [9.17, 15) is 0 Å². The minimum Gasteiger partial charge on any atom is -0.305 e. The Morgan fingerprint density at radius 1 is 1.33 bits per heavy atom. The number of thiophene rings is 1. The molecule has 1 atom stereocenters. The molecule has 0 aromatic carbocycles. The van der Waals surface area contributed by atoms with Crippen LogP contribution in [0.1, 0.15) is 53.9 Å². The van der Waals surface area contributed by atoms with E-state index in [1.54, 1.807) is 11.3 Å². The van der Waals surface area contributed by atoms with Crippen LogP contribution < -0.4 is 5.32 Å². The highest BCUT2D eigenvalue weighted by atomic mass is 32.1. The van der Waals surface area contributed by atoms with Crippen molar-refractivity contribution in [3.63, 3.8) is 0 Å². The van der Waals surface area contributed by atoms with Gasteiger partial charge in [0.05, 0.1) is 10.7 Å². The van der Waals surface area contributed by atoms with E-state index in [4.69, 9.17) is 0 Å². The lowest BCUT2D eigenvalue weighted by atomic mass is 10.2. The van der Waals surface area contributed by atoms with Gasteiger partial charge in [0.15, 0.2) is 0 Å². The molecule has 2 heterocycles. The predicted molar refractivity (Wildman–Crippen MR) is 80.5 cm³/mol. The van der Waals surface area contributed by atoms with Crippen LogP contribution in [0.2, 0.25) is 0 Å². The fourth-order valence-electron chi connectivity index (χ4n) is 1.84. The molecule has 0 saturated carbocycles. The average molecular weight is 280 g/mol. The van der Waals surface area contributed by atoms with Crippen molar-refractivity contribution in [3.05, 3.63) is 38.0 Å². The van der Waals surface area contributed by atoms with Gasteiger partial charge >= 0.3 is 0 Å². The summed E-state index contributed by atoms with van der Waals surface area (Å²) in [6.45, 7) is 9.66. The molecule has 0 bridgehead atoms. The number of nitrogens with zero attached hydrogens (tertiary/aromatic N) is 1. The summed E-state index contributed by atoms with van der Waals surface area (Å²) >= 11 is 3.59. The molecule has 0 aliphatic carbocycles. The summed E-state index contributed by atoms with van der Waals surface area (Å²) in [5.74, 6) is 0.520. The molecule has 0 amide bonds. The van der Waals surface area contributed by atoms with Crippen LogP contribution in [-0.2, 0) is 6.54 Å². The topological polar surface area (TPSA) is 24.9 Å². The van der Waals surface area contributed by atoms with E-state index < -0.39 is 0 Å². The second-order valence-corrected chi connectivity index (χ2v) is 6.73. The van der Waals surface area contributed by atoms with E-state index in [2.05, 4.69) is 54.8 Å². The van der Waals surface area contributed by atoms with Crippen LogP contribution in [0.5, 0.6) is 0 Å².